The van der Waals surface area contributed by atoms with Gasteiger partial charge in [-0.05, 0) is 23.8 Å². The summed E-state index contributed by atoms with van der Waals surface area (Å²) >= 11 is 0. The number of fused-ring (bicyclic) bond motifs is 1. The summed E-state index contributed by atoms with van der Waals surface area (Å²) in [7, 11) is 5.32. The molecule has 102 valence electrons. The standard InChI is InChI=1S/C16H16N2O2/c1-17-9-8-13-14(10-18(2)16(19)15(13)17)11-4-6-12(20-3)7-5-11/h4-10H,1-3H3. The van der Waals surface area contributed by atoms with Gasteiger partial charge in [0.25, 0.3) is 5.56 Å². The smallest absolute Gasteiger partial charge is 0.274 e. The van der Waals surface area contributed by atoms with Gasteiger partial charge in [0, 0.05) is 37.4 Å². The fourth-order valence-electron chi connectivity index (χ4n) is 2.50. The highest BCUT2D eigenvalue weighted by atomic mass is 16.5. The fraction of sp³-hybridized carbons (Fsp3) is 0.188. The molecule has 0 amide bonds. The molecule has 2 aromatic heterocycles. The molecule has 0 saturated heterocycles. The second-order valence-corrected chi connectivity index (χ2v) is 4.88. The summed E-state index contributed by atoms with van der Waals surface area (Å²) in [6, 6.07) is 9.84. The topological polar surface area (TPSA) is 36.2 Å². The second-order valence-electron chi connectivity index (χ2n) is 4.88. The molecule has 0 fully saturated rings. The van der Waals surface area contributed by atoms with Crippen LogP contribution in [0.5, 0.6) is 5.75 Å². The first kappa shape index (κ1) is 12.5. The molecule has 2 heterocycles. The number of hydrogen-bond donors (Lipinski definition) is 0. The number of benzene rings is 1. The van der Waals surface area contributed by atoms with Crippen LogP contribution in [0.4, 0.5) is 0 Å². The van der Waals surface area contributed by atoms with Gasteiger partial charge in [-0.15, -0.1) is 0 Å². The Labute approximate surface area is 116 Å². The Balaban J connectivity index is 2.30. The lowest BCUT2D eigenvalue weighted by atomic mass is 10.0. The van der Waals surface area contributed by atoms with Crippen molar-refractivity contribution in [3.05, 3.63) is 53.1 Å². The molecule has 0 unspecified atom stereocenters. The molecule has 3 aromatic rings. The van der Waals surface area contributed by atoms with E-state index in [9.17, 15) is 4.79 Å². The van der Waals surface area contributed by atoms with E-state index in [-0.39, 0.29) is 5.56 Å². The van der Waals surface area contributed by atoms with Crippen molar-refractivity contribution in [1.82, 2.24) is 9.13 Å². The molecular formula is C16H16N2O2. The Morgan fingerprint density at radius 2 is 1.70 bits per heavy atom. The number of nitrogens with zero attached hydrogens (tertiary/aromatic N) is 2. The Bertz CT molecular complexity index is 826. The number of pyridine rings is 1. The summed E-state index contributed by atoms with van der Waals surface area (Å²) < 4.78 is 8.67. The van der Waals surface area contributed by atoms with Gasteiger partial charge in [0.05, 0.1) is 7.11 Å². The lowest BCUT2D eigenvalue weighted by Crippen LogP contribution is -2.18. The largest absolute Gasteiger partial charge is 0.497 e. The number of hydrogen-bond acceptors (Lipinski definition) is 2. The third kappa shape index (κ3) is 1.81. The minimum absolute atomic E-state index is 0.0183. The first-order valence-electron chi connectivity index (χ1n) is 6.41. The first-order valence-corrected chi connectivity index (χ1v) is 6.41. The molecule has 0 aliphatic carbocycles. The van der Waals surface area contributed by atoms with E-state index in [0.717, 1.165) is 27.8 Å². The molecule has 20 heavy (non-hydrogen) atoms. The molecule has 0 N–H and O–H groups in total. The van der Waals surface area contributed by atoms with Crippen LogP contribution in [0.1, 0.15) is 0 Å². The van der Waals surface area contributed by atoms with E-state index in [1.54, 1.807) is 18.7 Å². The lowest BCUT2D eigenvalue weighted by Gasteiger charge is -2.08. The van der Waals surface area contributed by atoms with Crippen molar-refractivity contribution in [2.24, 2.45) is 14.1 Å². The number of methoxy groups -OCH3 is 1. The quantitative estimate of drug-likeness (QED) is 0.716. The molecule has 0 radical (unpaired) electrons. The average Bonchev–Trinajstić information content (AvgIpc) is 2.85. The highest BCUT2D eigenvalue weighted by Crippen LogP contribution is 2.28. The average molecular weight is 268 g/mol. The van der Waals surface area contributed by atoms with Crippen LogP contribution >= 0.6 is 0 Å². The third-order valence-electron chi connectivity index (χ3n) is 3.61. The maximum atomic E-state index is 12.2. The highest BCUT2D eigenvalue weighted by molar-refractivity contribution is 5.94. The number of aromatic nitrogens is 2. The Morgan fingerprint density at radius 1 is 1.00 bits per heavy atom. The molecule has 1 aromatic carbocycles. The monoisotopic (exact) mass is 268 g/mol. The van der Waals surface area contributed by atoms with Crippen molar-refractivity contribution in [2.45, 2.75) is 0 Å². The molecule has 3 rings (SSSR count). The Kier molecular flexibility index (Phi) is 2.86. The Morgan fingerprint density at radius 3 is 2.35 bits per heavy atom. The fourth-order valence-corrected chi connectivity index (χ4v) is 2.50. The Hall–Kier alpha value is -2.49. The predicted molar refractivity (Wildman–Crippen MR) is 80.1 cm³/mol. The lowest BCUT2D eigenvalue weighted by molar-refractivity contribution is 0.415. The predicted octanol–water partition coefficient (Wildman–Crippen LogP) is 2.55. The van der Waals surface area contributed by atoms with Crippen molar-refractivity contribution < 1.29 is 4.74 Å². The van der Waals surface area contributed by atoms with Crippen molar-refractivity contribution in [1.29, 1.82) is 0 Å². The SMILES string of the molecule is COc1ccc(-c2cn(C)c(=O)c3c2ccn3C)cc1. The van der Waals surface area contributed by atoms with Crippen molar-refractivity contribution in [3.63, 3.8) is 0 Å². The molecule has 0 bridgehead atoms. The van der Waals surface area contributed by atoms with Crippen LogP contribution in [-0.4, -0.2) is 16.2 Å². The van der Waals surface area contributed by atoms with Crippen LogP contribution in [0.2, 0.25) is 0 Å². The van der Waals surface area contributed by atoms with Gasteiger partial charge in [0.1, 0.15) is 11.3 Å². The molecule has 4 nitrogen and oxygen atoms in total. The van der Waals surface area contributed by atoms with Gasteiger partial charge in [-0.3, -0.25) is 4.79 Å². The maximum absolute atomic E-state index is 12.2. The first-order chi connectivity index (χ1) is 9.61. The van der Waals surface area contributed by atoms with Crippen LogP contribution in [-0.2, 0) is 14.1 Å². The van der Waals surface area contributed by atoms with Gasteiger partial charge in [-0.1, -0.05) is 12.1 Å². The van der Waals surface area contributed by atoms with Gasteiger partial charge in [-0.25, -0.2) is 0 Å². The minimum atomic E-state index is 0.0183. The van der Waals surface area contributed by atoms with E-state index in [2.05, 4.69) is 0 Å². The van der Waals surface area contributed by atoms with Crippen LogP contribution in [0, 0.1) is 0 Å². The van der Waals surface area contributed by atoms with E-state index in [0.29, 0.717) is 0 Å². The molecule has 0 spiro atoms. The maximum Gasteiger partial charge on any atom is 0.274 e. The van der Waals surface area contributed by atoms with Crippen LogP contribution < -0.4 is 10.3 Å². The zero-order chi connectivity index (χ0) is 14.3. The van der Waals surface area contributed by atoms with E-state index in [1.807, 2.05) is 54.3 Å². The van der Waals surface area contributed by atoms with Crippen molar-refractivity contribution >= 4 is 10.9 Å². The number of aryl methyl sites for hydroxylation is 2. The third-order valence-corrected chi connectivity index (χ3v) is 3.61. The molecular weight excluding hydrogens is 252 g/mol. The summed E-state index contributed by atoms with van der Waals surface area (Å²) in [6.07, 6.45) is 3.80. The van der Waals surface area contributed by atoms with Crippen LogP contribution in [0.15, 0.2) is 47.5 Å². The summed E-state index contributed by atoms with van der Waals surface area (Å²) in [4.78, 5) is 12.2. The molecule has 0 aliphatic heterocycles. The second kappa shape index (κ2) is 4.56. The zero-order valence-electron chi connectivity index (χ0n) is 11.8. The molecule has 0 saturated carbocycles. The van der Waals surface area contributed by atoms with Crippen molar-refractivity contribution in [3.8, 4) is 16.9 Å². The van der Waals surface area contributed by atoms with E-state index in [4.69, 9.17) is 4.74 Å². The van der Waals surface area contributed by atoms with Crippen LogP contribution in [0.25, 0.3) is 22.0 Å². The number of ether oxygens (including phenoxy) is 1. The highest BCUT2D eigenvalue weighted by Gasteiger charge is 2.11. The summed E-state index contributed by atoms with van der Waals surface area (Å²) in [5, 5.41) is 0.973. The van der Waals surface area contributed by atoms with E-state index >= 15 is 0 Å². The van der Waals surface area contributed by atoms with Gasteiger partial charge in [0.15, 0.2) is 0 Å². The molecule has 0 atom stereocenters. The van der Waals surface area contributed by atoms with Gasteiger partial charge >= 0.3 is 0 Å². The zero-order valence-corrected chi connectivity index (χ0v) is 11.8. The van der Waals surface area contributed by atoms with Gasteiger partial charge in [0.2, 0.25) is 0 Å². The summed E-state index contributed by atoms with van der Waals surface area (Å²) in [6.45, 7) is 0. The van der Waals surface area contributed by atoms with Gasteiger partial charge in [-0.2, -0.15) is 0 Å². The summed E-state index contributed by atoms with van der Waals surface area (Å²) in [5.74, 6) is 0.822. The van der Waals surface area contributed by atoms with Gasteiger partial charge < -0.3 is 13.9 Å². The molecule has 4 heteroatoms. The van der Waals surface area contributed by atoms with E-state index < -0.39 is 0 Å². The molecule has 0 aliphatic rings. The number of rotatable bonds is 2. The summed E-state index contributed by atoms with van der Waals surface area (Å²) in [5.41, 5.74) is 2.86. The van der Waals surface area contributed by atoms with Crippen LogP contribution in [0.3, 0.4) is 0 Å². The van der Waals surface area contributed by atoms with Crippen molar-refractivity contribution in [2.75, 3.05) is 7.11 Å². The van der Waals surface area contributed by atoms with E-state index in [1.165, 1.54) is 0 Å². The normalized spacial score (nSPS) is 10.9. The minimum Gasteiger partial charge on any atom is -0.497 e.